The molecule has 0 unspecified atom stereocenters. The molecule has 0 aliphatic heterocycles. The highest BCUT2D eigenvalue weighted by atomic mass is 35.5. The van der Waals surface area contributed by atoms with E-state index in [-0.39, 0.29) is 17.6 Å². The molecule has 0 fully saturated rings. The lowest BCUT2D eigenvalue weighted by atomic mass is 10.1. The van der Waals surface area contributed by atoms with Crippen LogP contribution < -0.4 is 0 Å². The Morgan fingerprint density at radius 1 is 1.22 bits per heavy atom. The molecule has 0 N–H and O–H groups in total. The van der Waals surface area contributed by atoms with E-state index in [4.69, 9.17) is 11.6 Å². The predicted octanol–water partition coefficient (Wildman–Crippen LogP) is 4.11. The number of carbonyl (C=O) groups is 1. The first kappa shape index (κ1) is 17.4. The van der Waals surface area contributed by atoms with Gasteiger partial charge in [-0.2, -0.15) is 0 Å². The maximum atomic E-state index is 11.1. The van der Waals surface area contributed by atoms with Gasteiger partial charge in [-0.1, -0.05) is 32.0 Å². The molecule has 0 aliphatic rings. The Hall–Kier alpha value is -0.570. The van der Waals surface area contributed by atoms with Gasteiger partial charge >= 0.3 is 0 Å². The van der Waals surface area contributed by atoms with Gasteiger partial charge in [0.05, 0.1) is 0 Å². The maximum absolute atomic E-state index is 11.1. The van der Waals surface area contributed by atoms with Gasteiger partial charge < -0.3 is 0 Å². The summed E-state index contributed by atoms with van der Waals surface area (Å²) in [5.41, 5.74) is 1.73. The average molecular weight is 290 g/mol. The Bertz CT molecular complexity index is 363. The molecule has 2 nitrogen and oxygen atoms in total. The van der Waals surface area contributed by atoms with E-state index in [1.807, 2.05) is 18.2 Å². The van der Waals surface area contributed by atoms with Gasteiger partial charge in [-0.05, 0) is 49.2 Å². The van der Waals surface area contributed by atoms with Crippen molar-refractivity contribution in [3.05, 3.63) is 35.4 Å². The molecule has 0 aromatic heterocycles. The van der Waals surface area contributed by atoms with Gasteiger partial charge in [0.2, 0.25) is 0 Å². The molecule has 0 bridgehead atoms. The molecule has 0 saturated heterocycles. The van der Waals surface area contributed by atoms with E-state index >= 15 is 0 Å². The lowest BCUT2D eigenvalue weighted by molar-refractivity contribution is 0.108. The molecule has 18 heavy (non-hydrogen) atoms. The summed E-state index contributed by atoms with van der Waals surface area (Å²) in [4.78, 5) is 13.5. The van der Waals surface area contributed by atoms with E-state index in [1.54, 1.807) is 6.07 Å². The van der Waals surface area contributed by atoms with Crippen LogP contribution in [0.15, 0.2) is 24.3 Å². The van der Waals surface area contributed by atoms with Crippen LogP contribution in [0.5, 0.6) is 0 Å². The minimum atomic E-state index is -0.385. The minimum Gasteiger partial charge on any atom is -0.299 e. The molecule has 0 radical (unpaired) electrons. The van der Waals surface area contributed by atoms with E-state index < -0.39 is 0 Å². The van der Waals surface area contributed by atoms with Crippen LogP contribution >= 0.6 is 24.0 Å². The molecule has 4 heteroatoms. The van der Waals surface area contributed by atoms with Crippen LogP contribution in [-0.2, 0) is 6.54 Å². The topological polar surface area (TPSA) is 20.3 Å². The van der Waals surface area contributed by atoms with Gasteiger partial charge in [-0.3, -0.25) is 9.69 Å². The third kappa shape index (κ3) is 5.85. The molecule has 102 valence electrons. The molecular weight excluding hydrogens is 269 g/mol. The van der Waals surface area contributed by atoms with E-state index in [0.717, 1.165) is 38.0 Å². The second-order valence-corrected chi connectivity index (χ2v) is 4.59. The fourth-order valence-corrected chi connectivity index (χ4v) is 2.07. The van der Waals surface area contributed by atoms with Crippen LogP contribution in [0.3, 0.4) is 0 Å². The fraction of sp³-hybridized carbons (Fsp3) is 0.500. The fourth-order valence-electron chi connectivity index (χ4n) is 1.95. The Morgan fingerprint density at radius 2 is 1.83 bits per heavy atom. The summed E-state index contributed by atoms with van der Waals surface area (Å²) in [5, 5.41) is -0.385. The standard InChI is InChI=1S/C14H20ClNO.ClH/c1-3-8-16(9-4-2)11-12-6-5-7-13(10-12)14(15)17;/h5-7,10H,3-4,8-9,11H2,1-2H3;1H. The van der Waals surface area contributed by atoms with Crippen molar-refractivity contribution in [2.45, 2.75) is 33.2 Å². The summed E-state index contributed by atoms with van der Waals surface area (Å²) >= 11 is 5.48. The Morgan fingerprint density at radius 3 is 2.33 bits per heavy atom. The van der Waals surface area contributed by atoms with Crippen LogP contribution in [0.4, 0.5) is 0 Å². The largest absolute Gasteiger partial charge is 0.299 e. The number of carbonyl (C=O) groups excluding carboxylic acids is 1. The molecule has 0 aliphatic carbocycles. The second kappa shape index (κ2) is 9.37. The van der Waals surface area contributed by atoms with Gasteiger partial charge in [0, 0.05) is 12.1 Å². The minimum absolute atomic E-state index is 0. The zero-order chi connectivity index (χ0) is 12.7. The molecule has 0 amide bonds. The van der Waals surface area contributed by atoms with E-state index in [9.17, 15) is 4.79 Å². The van der Waals surface area contributed by atoms with Crippen molar-refractivity contribution in [2.75, 3.05) is 13.1 Å². The van der Waals surface area contributed by atoms with Gasteiger partial charge in [0.15, 0.2) is 0 Å². The van der Waals surface area contributed by atoms with Crippen molar-refractivity contribution in [2.24, 2.45) is 0 Å². The van der Waals surface area contributed by atoms with E-state index in [0.29, 0.717) is 5.56 Å². The van der Waals surface area contributed by atoms with Crippen molar-refractivity contribution < 1.29 is 4.79 Å². The van der Waals surface area contributed by atoms with Crippen molar-refractivity contribution in [1.29, 1.82) is 0 Å². The van der Waals surface area contributed by atoms with Gasteiger partial charge in [0.1, 0.15) is 0 Å². The normalized spacial score (nSPS) is 10.2. The van der Waals surface area contributed by atoms with Crippen LogP contribution in [0.25, 0.3) is 0 Å². The van der Waals surface area contributed by atoms with Crippen LogP contribution in [0.2, 0.25) is 0 Å². The Kier molecular flexibility index (Phi) is 9.08. The third-order valence-corrected chi connectivity index (χ3v) is 2.86. The summed E-state index contributed by atoms with van der Waals surface area (Å²) in [6.45, 7) is 7.43. The smallest absolute Gasteiger partial charge is 0.252 e. The summed E-state index contributed by atoms with van der Waals surface area (Å²) in [6.07, 6.45) is 2.29. The zero-order valence-corrected chi connectivity index (χ0v) is 12.6. The highest BCUT2D eigenvalue weighted by Gasteiger charge is 2.06. The summed E-state index contributed by atoms with van der Waals surface area (Å²) in [6, 6.07) is 7.57. The molecule has 0 spiro atoms. The van der Waals surface area contributed by atoms with Crippen molar-refractivity contribution in [3.8, 4) is 0 Å². The molecular formula is C14H21Cl2NO. The second-order valence-electron chi connectivity index (χ2n) is 4.25. The Balaban J connectivity index is 0.00000289. The van der Waals surface area contributed by atoms with Gasteiger partial charge in [-0.15, -0.1) is 12.4 Å². The highest BCUT2D eigenvalue weighted by Crippen LogP contribution is 2.11. The predicted molar refractivity (Wildman–Crippen MR) is 79.7 cm³/mol. The molecule has 1 aromatic rings. The van der Waals surface area contributed by atoms with Gasteiger partial charge in [-0.25, -0.2) is 0 Å². The van der Waals surface area contributed by atoms with Gasteiger partial charge in [0.25, 0.3) is 5.24 Å². The lowest BCUT2D eigenvalue weighted by Crippen LogP contribution is -2.24. The third-order valence-electron chi connectivity index (χ3n) is 2.64. The SMILES string of the molecule is CCCN(CCC)Cc1cccc(C(=O)Cl)c1.Cl. The summed E-state index contributed by atoms with van der Waals surface area (Å²) in [7, 11) is 0. The maximum Gasteiger partial charge on any atom is 0.252 e. The molecule has 1 aromatic carbocycles. The summed E-state index contributed by atoms with van der Waals surface area (Å²) in [5.74, 6) is 0. The first-order chi connectivity index (χ1) is 8.17. The van der Waals surface area contributed by atoms with Crippen LogP contribution in [0, 0.1) is 0 Å². The first-order valence-corrected chi connectivity index (χ1v) is 6.56. The average Bonchev–Trinajstić information content (AvgIpc) is 2.30. The van der Waals surface area contributed by atoms with E-state index in [2.05, 4.69) is 18.7 Å². The van der Waals surface area contributed by atoms with Crippen LogP contribution in [0.1, 0.15) is 42.6 Å². The number of benzene rings is 1. The zero-order valence-electron chi connectivity index (χ0n) is 11.0. The van der Waals surface area contributed by atoms with Crippen molar-refractivity contribution >= 4 is 29.3 Å². The number of hydrogen-bond acceptors (Lipinski definition) is 2. The lowest BCUT2D eigenvalue weighted by Gasteiger charge is -2.21. The number of hydrogen-bond donors (Lipinski definition) is 0. The van der Waals surface area contributed by atoms with Crippen molar-refractivity contribution in [3.63, 3.8) is 0 Å². The number of nitrogens with zero attached hydrogens (tertiary/aromatic N) is 1. The quantitative estimate of drug-likeness (QED) is 0.704. The molecule has 0 atom stereocenters. The van der Waals surface area contributed by atoms with E-state index in [1.165, 1.54) is 0 Å². The number of halogens is 2. The monoisotopic (exact) mass is 289 g/mol. The first-order valence-electron chi connectivity index (χ1n) is 6.18. The molecule has 1 rings (SSSR count). The molecule has 0 heterocycles. The Labute approximate surface area is 121 Å². The summed E-state index contributed by atoms with van der Waals surface area (Å²) < 4.78 is 0. The number of rotatable bonds is 7. The molecule has 0 saturated carbocycles. The van der Waals surface area contributed by atoms with Crippen LogP contribution in [-0.4, -0.2) is 23.2 Å². The highest BCUT2D eigenvalue weighted by molar-refractivity contribution is 6.67. The van der Waals surface area contributed by atoms with Crippen molar-refractivity contribution in [1.82, 2.24) is 4.90 Å².